The van der Waals surface area contributed by atoms with Crippen LogP contribution in [0.25, 0.3) is 10.8 Å². The standard InChI is InChI=1S/C16H14N2O2S/c17-15-11-10-12-6-4-5-9-14(12)16(15)21(19,20)18-13-7-2-1-3-8-13/h1-11,18H,17H2. The zero-order valence-electron chi connectivity index (χ0n) is 11.2. The topological polar surface area (TPSA) is 72.2 Å². The van der Waals surface area contributed by atoms with Crippen LogP contribution in [-0.2, 0) is 10.0 Å². The summed E-state index contributed by atoms with van der Waals surface area (Å²) in [5.74, 6) is 0. The van der Waals surface area contributed by atoms with Crippen molar-refractivity contribution in [3.63, 3.8) is 0 Å². The summed E-state index contributed by atoms with van der Waals surface area (Å²) in [6.45, 7) is 0. The Kier molecular flexibility index (Phi) is 3.27. The number of para-hydroxylation sites is 1. The van der Waals surface area contributed by atoms with Gasteiger partial charge in [-0.15, -0.1) is 0 Å². The molecular weight excluding hydrogens is 284 g/mol. The van der Waals surface area contributed by atoms with Gasteiger partial charge in [-0.2, -0.15) is 0 Å². The number of sulfonamides is 1. The van der Waals surface area contributed by atoms with Crippen LogP contribution in [0.3, 0.4) is 0 Å². The quantitative estimate of drug-likeness (QED) is 0.729. The fourth-order valence-corrected chi connectivity index (χ4v) is 3.67. The van der Waals surface area contributed by atoms with E-state index in [4.69, 9.17) is 5.73 Å². The first-order valence-electron chi connectivity index (χ1n) is 6.43. The van der Waals surface area contributed by atoms with Gasteiger partial charge in [0.2, 0.25) is 0 Å². The molecule has 0 spiro atoms. The van der Waals surface area contributed by atoms with Gasteiger partial charge in [-0.1, -0.05) is 48.5 Å². The van der Waals surface area contributed by atoms with Crippen molar-refractivity contribution in [2.75, 3.05) is 10.5 Å². The summed E-state index contributed by atoms with van der Waals surface area (Å²) < 4.78 is 27.9. The first-order valence-corrected chi connectivity index (χ1v) is 7.91. The number of anilines is 2. The Bertz CT molecular complexity index is 891. The van der Waals surface area contributed by atoms with Gasteiger partial charge in [-0.05, 0) is 23.6 Å². The highest BCUT2D eigenvalue weighted by Gasteiger charge is 2.20. The van der Waals surface area contributed by atoms with Gasteiger partial charge in [-0.25, -0.2) is 8.42 Å². The summed E-state index contributed by atoms with van der Waals surface area (Å²) in [4.78, 5) is 0.115. The van der Waals surface area contributed by atoms with Gasteiger partial charge < -0.3 is 5.73 Å². The number of nitrogens with one attached hydrogen (secondary N) is 1. The van der Waals surface area contributed by atoms with E-state index in [1.54, 1.807) is 42.5 Å². The van der Waals surface area contributed by atoms with Crippen molar-refractivity contribution < 1.29 is 8.42 Å². The monoisotopic (exact) mass is 298 g/mol. The van der Waals surface area contributed by atoms with Crippen molar-refractivity contribution in [3.05, 3.63) is 66.7 Å². The second-order valence-electron chi connectivity index (χ2n) is 4.68. The lowest BCUT2D eigenvalue weighted by atomic mass is 10.1. The maximum Gasteiger partial charge on any atom is 0.264 e. The van der Waals surface area contributed by atoms with Crippen molar-refractivity contribution >= 4 is 32.2 Å². The average Bonchev–Trinajstić information content (AvgIpc) is 2.47. The Hall–Kier alpha value is -2.53. The number of nitrogen functional groups attached to an aromatic ring is 1. The number of fused-ring (bicyclic) bond motifs is 1. The Labute approximate surface area is 123 Å². The summed E-state index contributed by atoms with van der Waals surface area (Å²) in [6.07, 6.45) is 0. The summed E-state index contributed by atoms with van der Waals surface area (Å²) >= 11 is 0. The van der Waals surface area contributed by atoms with Crippen LogP contribution in [0.2, 0.25) is 0 Å². The number of hydrogen-bond donors (Lipinski definition) is 2. The predicted molar refractivity (Wildman–Crippen MR) is 85.6 cm³/mol. The molecule has 0 aromatic heterocycles. The van der Waals surface area contributed by atoms with E-state index in [0.717, 1.165) is 5.39 Å². The molecule has 3 rings (SSSR count). The number of hydrogen-bond acceptors (Lipinski definition) is 3. The third-order valence-electron chi connectivity index (χ3n) is 3.20. The molecule has 3 aromatic rings. The van der Waals surface area contributed by atoms with Gasteiger partial charge in [0.25, 0.3) is 10.0 Å². The van der Waals surface area contributed by atoms with Crippen molar-refractivity contribution in [2.45, 2.75) is 4.90 Å². The minimum absolute atomic E-state index is 0.115. The molecule has 5 heteroatoms. The van der Waals surface area contributed by atoms with Crippen molar-refractivity contribution in [2.24, 2.45) is 0 Å². The van der Waals surface area contributed by atoms with Crippen molar-refractivity contribution in [3.8, 4) is 0 Å². The largest absolute Gasteiger partial charge is 0.398 e. The van der Waals surface area contributed by atoms with Crippen molar-refractivity contribution in [1.82, 2.24) is 0 Å². The minimum Gasteiger partial charge on any atom is -0.398 e. The lowest BCUT2D eigenvalue weighted by molar-refractivity contribution is 0.602. The maximum absolute atomic E-state index is 12.6. The van der Waals surface area contributed by atoms with E-state index in [2.05, 4.69) is 4.72 Å². The van der Waals surface area contributed by atoms with Crippen LogP contribution in [-0.4, -0.2) is 8.42 Å². The Morgan fingerprint density at radius 2 is 1.48 bits per heavy atom. The van der Waals surface area contributed by atoms with Gasteiger partial charge in [-0.3, -0.25) is 4.72 Å². The Balaban J connectivity index is 2.17. The van der Waals surface area contributed by atoms with Crippen LogP contribution < -0.4 is 10.5 Å². The lowest BCUT2D eigenvalue weighted by Gasteiger charge is -2.12. The first kappa shape index (κ1) is 13.5. The minimum atomic E-state index is -3.75. The normalized spacial score (nSPS) is 11.4. The van der Waals surface area contributed by atoms with E-state index in [0.29, 0.717) is 11.1 Å². The van der Waals surface area contributed by atoms with E-state index in [-0.39, 0.29) is 10.6 Å². The molecule has 0 atom stereocenters. The second-order valence-corrected chi connectivity index (χ2v) is 6.30. The summed E-state index contributed by atoms with van der Waals surface area (Å²) in [5.41, 5.74) is 6.65. The number of rotatable bonds is 3. The van der Waals surface area contributed by atoms with Crippen LogP contribution in [0.15, 0.2) is 71.6 Å². The molecule has 0 aliphatic heterocycles. The summed E-state index contributed by atoms with van der Waals surface area (Å²) in [5, 5.41) is 1.45. The Morgan fingerprint density at radius 3 is 2.24 bits per heavy atom. The Morgan fingerprint density at radius 1 is 0.810 bits per heavy atom. The van der Waals surface area contributed by atoms with Crippen LogP contribution in [0.4, 0.5) is 11.4 Å². The molecule has 4 nitrogen and oxygen atoms in total. The molecule has 3 aromatic carbocycles. The molecule has 0 aliphatic rings. The third kappa shape index (κ3) is 2.55. The van der Waals surface area contributed by atoms with Crippen LogP contribution in [0, 0.1) is 0 Å². The molecule has 0 bridgehead atoms. The molecule has 0 saturated heterocycles. The van der Waals surface area contributed by atoms with E-state index < -0.39 is 10.0 Å². The number of benzene rings is 3. The summed E-state index contributed by atoms with van der Waals surface area (Å²) in [7, 11) is -3.75. The van der Waals surface area contributed by atoms with Gasteiger partial charge in [0.1, 0.15) is 4.90 Å². The SMILES string of the molecule is Nc1ccc2ccccc2c1S(=O)(=O)Nc1ccccc1. The van der Waals surface area contributed by atoms with Gasteiger partial charge in [0.15, 0.2) is 0 Å². The molecule has 0 aliphatic carbocycles. The van der Waals surface area contributed by atoms with Crippen LogP contribution in [0.5, 0.6) is 0 Å². The van der Waals surface area contributed by atoms with Crippen molar-refractivity contribution in [1.29, 1.82) is 0 Å². The fourth-order valence-electron chi connectivity index (χ4n) is 2.27. The lowest BCUT2D eigenvalue weighted by Crippen LogP contribution is -2.15. The third-order valence-corrected chi connectivity index (χ3v) is 4.70. The zero-order chi connectivity index (χ0) is 14.9. The molecular formula is C16H14N2O2S. The molecule has 0 saturated carbocycles. The molecule has 106 valence electrons. The molecule has 0 heterocycles. The molecule has 3 N–H and O–H groups in total. The van der Waals surface area contributed by atoms with Gasteiger partial charge in [0, 0.05) is 11.1 Å². The van der Waals surface area contributed by atoms with Crippen LogP contribution >= 0.6 is 0 Å². The van der Waals surface area contributed by atoms with Gasteiger partial charge >= 0.3 is 0 Å². The second kappa shape index (κ2) is 5.10. The predicted octanol–water partition coefficient (Wildman–Crippen LogP) is 3.22. The zero-order valence-corrected chi connectivity index (χ0v) is 12.0. The van der Waals surface area contributed by atoms with Gasteiger partial charge in [0.05, 0.1) is 5.69 Å². The van der Waals surface area contributed by atoms with E-state index in [1.165, 1.54) is 0 Å². The number of nitrogens with two attached hydrogens (primary N) is 1. The highest BCUT2D eigenvalue weighted by atomic mass is 32.2. The molecule has 0 radical (unpaired) electrons. The van der Waals surface area contributed by atoms with E-state index in [1.807, 2.05) is 24.3 Å². The molecule has 0 amide bonds. The smallest absolute Gasteiger partial charge is 0.264 e. The highest BCUT2D eigenvalue weighted by molar-refractivity contribution is 7.93. The first-order chi connectivity index (χ1) is 10.1. The molecule has 0 fully saturated rings. The maximum atomic E-state index is 12.6. The highest BCUT2D eigenvalue weighted by Crippen LogP contribution is 2.29. The summed E-state index contributed by atoms with van der Waals surface area (Å²) in [6, 6.07) is 19.4. The molecule has 0 unspecified atom stereocenters. The average molecular weight is 298 g/mol. The molecule has 21 heavy (non-hydrogen) atoms. The van der Waals surface area contributed by atoms with E-state index >= 15 is 0 Å². The fraction of sp³-hybridized carbons (Fsp3) is 0. The van der Waals surface area contributed by atoms with E-state index in [9.17, 15) is 8.42 Å². The van der Waals surface area contributed by atoms with Crippen LogP contribution in [0.1, 0.15) is 0 Å².